The van der Waals surface area contributed by atoms with Crippen molar-refractivity contribution in [3.63, 3.8) is 0 Å². The molecule has 4 N–H and O–H groups in total. The summed E-state index contributed by atoms with van der Waals surface area (Å²) in [4.78, 5) is 19.6. The standard InChI is InChI=1S/C17H22N4O.ClH/c18-17(22)16-15-14(11-5-1-2-6-13(11)21-15)12(9-20-16)10-4-3-7-19-8-10;/h9-10,19,21H,1-8H2,(H2,18,22);1H. The van der Waals surface area contributed by atoms with Gasteiger partial charge in [-0.2, -0.15) is 0 Å². The number of hydrogen-bond acceptors (Lipinski definition) is 3. The van der Waals surface area contributed by atoms with Crippen molar-refractivity contribution >= 4 is 29.2 Å². The molecule has 1 amide bonds. The molecule has 6 heteroatoms. The van der Waals surface area contributed by atoms with Crippen LogP contribution in [0.2, 0.25) is 0 Å². The van der Waals surface area contributed by atoms with E-state index in [-0.39, 0.29) is 12.4 Å². The number of nitrogens with one attached hydrogen (secondary N) is 2. The van der Waals surface area contributed by atoms with Gasteiger partial charge in [0, 0.05) is 23.8 Å². The van der Waals surface area contributed by atoms with Crippen LogP contribution in [0.4, 0.5) is 0 Å². The monoisotopic (exact) mass is 334 g/mol. The third kappa shape index (κ3) is 2.72. The quantitative estimate of drug-likeness (QED) is 0.788. The number of aromatic nitrogens is 2. The van der Waals surface area contributed by atoms with Crippen LogP contribution in [0.25, 0.3) is 10.9 Å². The molecule has 124 valence electrons. The lowest BCUT2D eigenvalue weighted by molar-refractivity contribution is 0.0997. The Morgan fingerprint density at radius 1 is 1.26 bits per heavy atom. The largest absolute Gasteiger partial charge is 0.364 e. The molecule has 1 aliphatic carbocycles. The van der Waals surface area contributed by atoms with Gasteiger partial charge in [-0.1, -0.05) is 0 Å². The molecule has 2 aromatic heterocycles. The van der Waals surface area contributed by atoms with E-state index in [0.717, 1.165) is 31.4 Å². The molecule has 1 atom stereocenters. The number of primary amides is 1. The van der Waals surface area contributed by atoms with Crippen LogP contribution in [-0.4, -0.2) is 29.0 Å². The zero-order valence-electron chi connectivity index (χ0n) is 13.2. The number of halogens is 1. The Morgan fingerprint density at radius 2 is 2.09 bits per heavy atom. The van der Waals surface area contributed by atoms with Crippen LogP contribution < -0.4 is 11.1 Å². The van der Waals surface area contributed by atoms with E-state index in [0.29, 0.717) is 11.6 Å². The average molecular weight is 335 g/mol. The number of pyridine rings is 1. The molecular weight excluding hydrogens is 312 g/mol. The number of hydrogen-bond donors (Lipinski definition) is 3. The van der Waals surface area contributed by atoms with Gasteiger partial charge in [0.1, 0.15) is 0 Å². The van der Waals surface area contributed by atoms with E-state index in [1.807, 2.05) is 6.20 Å². The molecule has 2 aliphatic rings. The Kier molecular flexibility index (Phi) is 4.60. The number of nitrogens with zero attached hydrogens (tertiary/aromatic N) is 1. The summed E-state index contributed by atoms with van der Waals surface area (Å²) in [5.41, 5.74) is 10.7. The van der Waals surface area contributed by atoms with Crippen LogP contribution in [0.1, 0.15) is 58.9 Å². The molecule has 1 saturated heterocycles. The first-order chi connectivity index (χ1) is 10.8. The van der Waals surface area contributed by atoms with Crippen molar-refractivity contribution in [3.8, 4) is 0 Å². The topological polar surface area (TPSA) is 83.8 Å². The van der Waals surface area contributed by atoms with Gasteiger partial charge in [-0.3, -0.25) is 4.79 Å². The Bertz CT molecular complexity index is 734. The van der Waals surface area contributed by atoms with Crippen molar-refractivity contribution < 1.29 is 4.79 Å². The second kappa shape index (κ2) is 6.49. The Labute approximate surface area is 141 Å². The SMILES string of the molecule is Cl.NC(=O)c1ncc(C2CCCNC2)c2c3c([nH]c12)CCCC3. The van der Waals surface area contributed by atoms with E-state index in [2.05, 4.69) is 15.3 Å². The Balaban J connectivity index is 0.00000156. The molecule has 2 aromatic rings. The van der Waals surface area contributed by atoms with Crippen LogP contribution in [0.5, 0.6) is 0 Å². The third-order valence-electron chi connectivity index (χ3n) is 5.12. The first-order valence-corrected chi connectivity index (χ1v) is 8.28. The Hall–Kier alpha value is -1.59. The van der Waals surface area contributed by atoms with Crippen LogP contribution in [0.3, 0.4) is 0 Å². The lowest BCUT2D eigenvalue weighted by Gasteiger charge is -2.24. The molecule has 0 aromatic carbocycles. The molecule has 1 fully saturated rings. The first-order valence-electron chi connectivity index (χ1n) is 8.28. The normalized spacial score (nSPS) is 20.8. The highest BCUT2D eigenvalue weighted by molar-refractivity contribution is 6.05. The summed E-state index contributed by atoms with van der Waals surface area (Å²) in [6.07, 6.45) is 8.84. The molecule has 1 aliphatic heterocycles. The van der Waals surface area contributed by atoms with Gasteiger partial charge in [-0.15, -0.1) is 12.4 Å². The number of rotatable bonds is 2. The van der Waals surface area contributed by atoms with Crippen molar-refractivity contribution in [2.45, 2.75) is 44.4 Å². The van der Waals surface area contributed by atoms with Gasteiger partial charge in [0.15, 0.2) is 5.69 Å². The summed E-state index contributed by atoms with van der Waals surface area (Å²) >= 11 is 0. The zero-order chi connectivity index (χ0) is 15.1. The molecule has 3 heterocycles. The lowest BCUT2D eigenvalue weighted by Crippen LogP contribution is -2.28. The van der Waals surface area contributed by atoms with Crippen molar-refractivity contribution in [2.24, 2.45) is 5.73 Å². The summed E-state index contributed by atoms with van der Waals surface area (Å²) in [6, 6.07) is 0. The molecule has 0 radical (unpaired) electrons. The third-order valence-corrected chi connectivity index (χ3v) is 5.12. The number of fused-ring (bicyclic) bond motifs is 3. The number of carbonyl (C=O) groups excluding carboxylic acids is 1. The summed E-state index contributed by atoms with van der Waals surface area (Å²) in [5.74, 6) is 0.0319. The number of amides is 1. The van der Waals surface area contributed by atoms with Gasteiger partial charge in [-0.25, -0.2) is 4.98 Å². The average Bonchev–Trinajstić information content (AvgIpc) is 2.94. The highest BCUT2D eigenvalue weighted by atomic mass is 35.5. The summed E-state index contributed by atoms with van der Waals surface area (Å²) in [7, 11) is 0. The Morgan fingerprint density at radius 3 is 2.83 bits per heavy atom. The van der Waals surface area contributed by atoms with Crippen LogP contribution in [-0.2, 0) is 12.8 Å². The van der Waals surface area contributed by atoms with Crippen molar-refractivity contribution in [1.82, 2.24) is 15.3 Å². The van der Waals surface area contributed by atoms with Gasteiger partial charge in [0.2, 0.25) is 0 Å². The van der Waals surface area contributed by atoms with Gasteiger partial charge in [0.05, 0.1) is 5.52 Å². The van der Waals surface area contributed by atoms with E-state index in [9.17, 15) is 4.79 Å². The second-order valence-electron chi connectivity index (χ2n) is 6.51. The van der Waals surface area contributed by atoms with Crippen molar-refractivity contribution in [2.75, 3.05) is 13.1 Å². The summed E-state index contributed by atoms with van der Waals surface area (Å²) in [6.45, 7) is 2.09. The number of nitrogens with two attached hydrogens (primary N) is 1. The van der Waals surface area contributed by atoms with Crippen LogP contribution in [0, 0.1) is 0 Å². The van der Waals surface area contributed by atoms with Gasteiger partial charge in [0.25, 0.3) is 5.91 Å². The molecule has 5 nitrogen and oxygen atoms in total. The summed E-state index contributed by atoms with van der Waals surface area (Å²) in [5, 5.41) is 4.71. The highest BCUT2D eigenvalue weighted by Crippen LogP contribution is 2.37. The van der Waals surface area contributed by atoms with E-state index in [1.165, 1.54) is 47.9 Å². The fourth-order valence-electron chi connectivity index (χ4n) is 4.06. The van der Waals surface area contributed by atoms with Crippen LogP contribution >= 0.6 is 12.4 Å². The number of H-pyrrole nitrogens is 1. The molecular formula is C17H23ClN4O. The van der Waals surface area contributed by atoms with Gasteiger partial charge in [-0.05, 0) is 62.1 Å². The number of aromatic amines is 1. The van der Waals surface area contributed by atoms with Crippen LogP contribution in [0.15, 0.2) is 6.20 Å². The summed E-state index contributed by atoms with van der Waals surface area (Å²) < 4.78 is 0. The molecule has 0 bridgehead atoms. The van der Waals surface area contributed by atoms with Crippen molar-refractivity contribution in [3.05, 3.63) is 28.7 Å². The fraction of sp³-hybridized carbons (Fsp3) is 0.529. The van der Waals surface area contributed by atoms with E-state index in [4.69, 9.17) is 5.73 Å². The number of aryl methyl sites for hydroxylation is 2. The predicted molar refractivity (Wildman–Crippen MR) is 93.3 cm³/mol. The molecule has 0 spiro atoms. The minimum atomic E-state index is -0.447. The molecule has 4 rings (SSSR count). The van der Waals surface area contributed by atoms with E-state index >= 15 is 0 Å². The zero-order valence-corrected chi connectivity index (χ0v) is 14.0. The van der Waals surface area contributed by atoms with Gasteiger partial charge >= 0.3 is 0 Å². The molecule has 23 heavy (non-hydrogen) atoms. The minimum absolute atomic E-state index is 0. The maximum Gasteiger partial charge on any atom is 0.269 e. The molecule has 0 saturated carbocycles. The first kappa shape index (κ1) is 16.3. The van der Waals surface area contributed by atoms with E-state index in [1.54, 1.807) is 0 Å². The molecule has 1 unspecified atom stereocenters. The maximum atomic E-state index is 11.7. The maximum absolute atomic E-state index is 11.7. The minimum Gasteiger partial charge on any atom is -0.364 e. The van der Waals surface area contributed by atoms with E-state index < -0.39 is 5.91 Å². The number of piperidine rings is 1. The smallest absolute Gasteiger partial charge is 0.269 e. The fourth-order valence-corrected chi connectivity index (χ4v) is 4.06. The predicted octanol–water partition coefficient (Wildman–Crippen LogP) is 2.43. The second-order valence-corrected chi connectivity index (χ2v) is 6.51. The highest BCUT2D eigenvalue weighted by Gasteiger charge is 2.26. The van der Waals surface area contributed by atoms with Crippen molar-refractivity contribution in [1.29, 1.82) is 0 Å². The van der Waals surface area contributed by atoms with Gasteiger partial charge < -0.3 is 16.0 Å². The lowest BCUT2D eigenvalue weighted by atomic mass is 9.87. The number of carbonyl (C=O) groups is 1.